The van der Waals surface area contributed by atoms with Crippen molar-refractivity contribution in [3.63, 3.8) is 0 Å². The summed E-state index contributed by atoms with van der Waals surface area (Å²) < 4.78 is 27.3. The zero-order valence-electron chi connectivity index (χ0n) is 16.3. The van der Waals surface area contributed by atoms with E-state index in [1.54, 1.807) is 46.9 Å². The lowest BCUT2D eigenvalue weighted by Crippen LogP contribution is -2.47. The number of carbonyl (C=O) groups is 1. The van der Waals surface area contributed by atoms with Crippen molar-refractivity contribution < 1.29 is 13.2 Å². The second-order valence-corrected chi connectivity index (χ2v) is 11.6. The lowest BCUT2D eigenvalue weighted by atomic mass is 10.2. The van der Waals surface area contributed by atoms with Gasteiger partial charge in [-0.15, -0.1) is 34.4 Å². The first-order valence-electron chi connectivity index (χ1n) is 9.37. The molecule has 3 heterocycles. The van der Waals surface area contributed by atoms with Crippen molar-refractivity contribution in [1.82, 2.24) is 14.6 Å². The standard InChI is InChI=1S/C20H21N3O3S4/c1-14-4-6-16(7-5-14)30(25,26)23-13-27-12-17(23)19(24)21-9-8-15-11-29-20(22-15)18-3-2-10-28-18/h2-7,10-11,17H,8-9,12-13H2,1H3,(H,21,24). The molecule has 0 spiro atoms. The van der Waals surface area contributed by atoms with Crippen LogP contribution in [0.3, 0.4) is 0 Å². The Morgan fingerprint density at radius 3 is 2.77 bits per heavy atom. The van der Waals surface area contributed by atoms with Crippen LogP contribution in [0.15, 0.2) is 52.1 Å². The third kappa shape index (κ3) is 4.62. The normalized spacial score (nSPS) is 17.3. The maximum Gasteiger partial charge on any atom is 0.244 e. The van der Waals surface area contributed by atoms with Crippen molar-refractivity contribution in [1.29, 1.82) is 0 Å². The summed E-state index contributed by atoms with van der Waals surface area (Å²) in [5, 5.41) is 7.89. The van der Waals surface area contributed by atoms with Gasteiger partial charge in [-0.1, -0.05) is 23.8 Å². The molecule has 1 N–H and O–H groups in total. The van der Waals surface area contributed by atoms with Crippen LogP contribution in [0, 0.1) is 6.92 Å². The number of aromatic nitrogens is 1. The molecule has 1 aliphatic rings. The third-order valence-electron chi connectivity index (χ3n) is 4.74. The number of sulfonamides is 1. The van der Waals surface area contributed by atoms with Crippen molar-refractivity contribution in [2.45, 2.75) is 24.3 Å². The molecule has 1 amide bonds. The highest BCUT2D eigenvalue weighted by molar-refractivity contribution is 8.00. The Balaban J connectivity index is 1.36. The molecule has 1 fully saturated rings. The van der Waals surface area contributed by atoms with Gasteiger partial charge in [0.2, 0.25) is 15.9 Å². The fourth-order valence-corrected chi connectivity index (χ4v) is 7.90. The Kier molecular flexibility index (Phi) is 6.59. The number of benzene rings is 1. The summed E-state index contributed by atoms with van der Waals surface area (Å²) in [4.78, 5) is 18.7. The Morgan fingerprint density at radius 2 is 2.03 bits per heavy atom. The second kappa shape index (κ2) is 9.19. The predicted octanol–water partition coefficient (Wildman–Crippen LogP) is 3.60. The van der Waals surface area contributed by atoms with Gasteiger partial charge in [0.15, 0.2) is 0 Å². The summed E-state index contributed by atoms with van der Waals surface area (Å²) >= 11 is 4.69. The van der Waals surface area contributed by atoms with Crippen LogP contribution in [0.4, 0.5) is 0 Å². The minimum atomic E-state index is -3.71. The molecule has 3 aromatic rings. The number of thioether (sulfide) groups is 1. The van der Waals surface area contributed by atoms with E-state index in [1.165, 1.54) is 16.1 Å². The highest BCUT2D eigenvalue weighted by Crippen LogP contribution is 2.29. The second-order valence-electron chi connectivity index (χ2n) is 6.88. The van der Waals surface area contributed by atoms with Gasteiger partial charge in [0.25, 0.3) is 0 Å². The smallest absolute Gasteiger partial charge is 0.244 e. The van der Waals surface area contributed by atoms with E-state index in [1.807, 2.05) is 29.8 Å². The zero-order chi connectivity index (χ0) is 21.1. The van der Waals surface area contributed by atoms with E-state index in [9.17, 15) is 13.2 Å². The average molecular weight is 480 g/mol. The van der Waals surface area contributed by atoms with E-state index in [0.717, 1.165) is 21.1 Å². The van der Waals surface area contributed by atoms with Crippen molar-refractivity contribution in [3.8, 4) is 9.88 Å². The lowest BCUT2D eigenvalue weighted by Gasteiger charge is -2.22. The minimum Gasteiger partial charge on any atom is -0.354 e. The zero-order valence-corrected chi connectivity index (χ0v) is 19.5. The number of nitrogens with zero attached hydrogens (tertiary/aromatic N) is 2. The van der Waals surface area contributed by atoms with Crippen molar-refractivity contribution in [2.24, 2.45) is 0 Å². The minimum absolute atomic E-state index is 0.219. The van der Waals surface area contributed by atoms with Gasteiger partial charge < -0.3 is 5.32 Å². The van der Waals surface area contributed by atoms with Crippen molar-refractivity contribution >= 4 is 50.4 Å². The van der Waals surface area contributed by atoms with Crippen LogP contribution in [0.2, 0.25) is 0 Å². The summed E-state index contributed by atoms with van der Waals surface area (Å²) in [6, 6.07) is 10.1. The number of rotatable bonds is 7. The van der Waals surface area contributed by atoms with E-state index in [0.29, 0.717) is 18.7 Å². The van der Waals surface area contributed by atoms with Gasteiger partial charge in [-0.25, -0.2) is 13.4 Å². The molecule has 2 aromatic heterocycles. The molecule has 158 valence electrons. The van der Waals surface area contributed by atoms with Gasteiger partial charge in [0, 0.05) is 24.1 Å². The average Bonchev–Trinajstić information content (AvgIpc) is 3.48. The van der Waals surface area contributed by atoms with Crippen molar-refractivity contribution in [3.05, 3.63) is 58.4 Å². The molecule has 1 unspecified atom stereocenters. The first-order chi connectivity index (χ1) is 14.4. The predicted molar refractivity (Wildman–Crippen MR) is 123 cm³/mol. The molecule has 1 aliphatic heterocycles. The molecule has 6 nitrogen and oxygen atoms in total. The van der Waals surface area contributed by atoms with Gasteiger partial charge in [0.05, 0.1) is 21.3 Å². The number of hydrogen-bond acceptors (Lipinski definition) is 7. The molecule has 0 radical (unpaired) electrons. The van der Waals surface area contributed by atoms with E-state index >= 15 is 0 Å². The van der Waals surface area contributed by atoms with Gasteiger partial charge in [-0.05, 0) is 30.5 Å². The van der Waals surface area contributed by atoms with E-state index in [4.69, 9.17) is 0 Å². The maximum atomic E-state index is 13.0. The Bertz CT molecular complexity index is 1110. The number of thiophene rings is 1. The van der Waals surface area contributed by atoms with Crippen molar-refractivity contribution in [2.75, 3.05) is 18.2 Å². The summed E-state index contributed by atoms with van der Waals surface area (Å²) in [6.07, 6.45) is 0.609. The topological polar surface area (TPSA) is 79.4 Å². The van der Waals surface area contributed by atoms with Crippen LogP contribution in [-0.2, 0) is 21.2 Å². The SMILES string of the molecule is Cc1ccc(S(=O)(=O)N2CSCC2C(=O)NCCc2csc(-c3cccs3)n2)cc1. The molecular weight excluding hydrogens is 459 g/mol. The molecular formula is C20H21N3O3S4. The quantitative estimate of drug-likeness (QED) is 0.560. The van der Waals surface area contributed by atoms with Crippen LogP contribution in [0.25, 0.3) is 9.88 Å². The molecule has 0 aliphatic carbocycles. The molecule has 30 heavy (non-hydrogen) atoms. The Hall–Kier alpha value is -1.72. The molecule has 4 rings (SSSR count). The van der Waals surface area contributed by atoms with Crippen LogP contribution in [0.1, 0.15) is 11.3 Å². The lowest BCUT2D eigenvalue weighted by molar-refractivity contribution is -0.123. The van der Waals surface area contributed by atoms with Gasteiger partial charge in [0.1, 0.15) is 11.0 Å². The number of carbonyl (C=O) groups excluding carboxylic acids is 1. The number of amides is 1. The number of nitrogens with one attached hydrogen (secondary N) is 1. The number of thiazole rings is 1. The molecule has 1 atom stereocenters. The summed E-state index contributed by atoms with van der Waals surface area (Å²) in [5.41, 5.74) is 1.91. The molecule has 1 aromatic carbocycles. The summed E-state index contributed by atoms with van der Waals surface area (Å²) in [5.74, 6) is 0.477. The fraction of sp³-hybridized carbons (Fsp3) is 0.300. The number of hydrogen-bond donors (Lipinski definition) is 1. The molecule has 0 bridgehead atoms. The van der Waals surface area contributed by atoms with Crippen LogP contribution >= 0.6 is 34.4 Å². The van der Waals surface area contributed by atoms with E-state index < -0.39 is 16.1 Å². The summed E-state index contributed by atoms with van der Waals surface area (Å²) in [6.45, 7) is 2.33. The molecule has 0 saturated carbocycles. The third-order valence-corrected chi connectivity index (χ3v) is 9.71. The van der Waals surface area contributed by atoms with Gasteiger partial charge >= 0.3 is 0 Å². The largest absolute Gasteiger partial charge is 0.354 e. The Labute approximate surface area is 188 Å². The highest BCUT2D eigenvalue weighted by Gasteiger charge is 2.39. The van der Waals surface area contributed by atoms with Gasteiger partial charge in [-0.3, -0.25) is 4.79 Å². The Morgan fingerprint density at radius 1 is 1.23 bits per heavy atom. The first-order valence-corrected chi connectivity index (χ1v) is 13.7. The summed E-state index contributed by atoms with van der Waals surface area (Å²) in [7, 11) is -3.71. The van der Waals surface area contributed by atoms with Crippen LogP contribution < -0.4 is 5.32 Å². The number of aryl methyl sites for hydroxylation is 1. The van der Waals surface area contributed by atoms with E-state index in [2.05, 4.69) is 10.3 Å². The first kappa shape index (κ1) is 21.5. The fourth-order valence-electron chi connectivity index (χ4n) is 3.08. The van der Waals surface area contributed by atoms with Gasteiger partial charge in [-0.2, -0.15) is 4.31 Å². The van der Waals surface area contributed by atoms with Crippen LogP contribution in [0.5, 0.6) is 0 Å². The highest BCUT2D eigenvalue weighted by atomic mass is 32.2. The van der Waals surface area contributed by atoms with Crippen LogP contribution in [-0.4, -0.2) is 47.8 Å². The monoisotopic (exact) mass is 479 g/mol. The molecule has 10 heteroatoms. The van der Waals surface area contributed by atoms with E-state index in [-0.39, 0.29) is 16.7 Å². The maximum absolute atomic E-state index is 13.0. The molecule has 1 saturated heterocycles.